The number of para-hydroxylation sites is 1. The molecule has 3 N–H and O–H groups in total. The summed E-state index contributed by atoms with van der Waals surface area (Å²) >= 11 is 0. The van der Waals surface area contributed by atoms with Crippen LogP contribution in [0.3, 0.4) is 0 Å². The maximum absolute atomic E-state index is 14.2. The first kappa shape index (κ1) is 15.0. The average molecular weight is 336 g/mol. The largest absolute Gasteiger partial charge is 0.357 e. The van der Waals surface area contributed by atoms with Crippen LogP contribution in [0.25, 0.3) is 11.1 Å². The van der Waals surface area contributed by atoms with Gasteiger partial charge in [-0.15, -0.1) is 0 Å². The Hall–Kier alpha value is -2.24. The number of aromatic nitrogens is 1. The van der Waals surface area contributed by atoms with Crippen molar-refractivity contribution in [1.82, 2.24) is 9.88 Å². The van der Waals surface area contributed by atoms with Crippen molar-refractivity contribution in [3.05, 3.63) is 59.3 Å². The Labute approximate surface area is 146 Å². The lowest BCUT2D eigenvalue weighted by atomic mass is 9.89. The van der Waals surface area contributed by atoms with Crippen molar-refractivity contribution in [2.75, 3.05) is 18.4 Å². The summed E-state index contributed by atoms with van der Waals surface area (Å²) in [6.45, 7) is 1.86. The minimum Gasteiger partial charge on any atom is -0.357 e. The smallest absolute Gasteiger partial charge is 0.220 e. The summed E-state index contributed by atoms with van der Waals surface area (Å²) in [5.41, 5.74) is 12.4. The van der Waals surface area contributed by atoms with Crippen LogP contribution >= 0.6 is 0 Å². The lowest BCUT2D eigenvalue weighted by molar-refractivity contribution is 0.161. The topological polar surface area (TPSA) is 54.2 Å². The van der Waals surface area contributed by atoms with E-state index >= 15 is 0 Å². The number of rotatable bonds is 2. The van der Waals surface area contributed by atoms with Gasteiger partial charge in [0.05, 0.1) is 11.7 Å². The number of fused-ring (bicyclic) bond motifs is 1. The summed E-state index contributed by atoms with van der Waals surface area (Å²) in [5, 5.41) is 3.58. The maximum atomic E-state index is 14.2. The van der Waals surface area contributed by atoms with Gasteiger partial charge in [-0.25, -0.2) is 4.98 Å². The molecule has 1 unspecified atom stereocenters. The minimum absolute atomic E-state index is 0.129. The van der Waals surface area contributed by atoms with E-state index in [9.17, 15) is 4.39 Å². The molecule has 2 aromatic rings. The third-order valence-electron chi connectivity index (χ3n) is 5.85. The van der Waals surface area contributed by atoms with E-state index in [1.807, 2.05) is 18.2 Å². The second-order valence-corrected chi connectivity index (χ2v) is 7.21. The number of anilines is 1. The van der Waals surface area contributed by atoms with Crippen molar-refractivity contribution >= 4 is 5.69 Å². The standard InChI is InChI=1S/C20H21FN4/c21-20-14(8-3-9-23-20)13-6-2-7-15-18(22)16-10-25(12-4-1-5-12)11-17(16)24-19(13)15/h2-3,6-9,12,18,24H,1,4-5,10-11,22H2. The lowest BCUT2D eigenvalue weighted by Crippen LogP contribution is -2.39. The lowest BCUT2D eigenvalue weighted by Gasteiger charge is -2.34. The Morgan fingerprint density at radius 2 is 1.96 bits per heavy atom. The first-order valence-electron chi connectivity index (χ1n) is 8.95. The molecule has 1 fully saturated rings. The van der Waals surface area contributed by atoms with E-state index in [4.69, 9.17) is 5.73 Å². The number of nitrogens with zero attached hydrogens (tertiary/aromatic N) is 2. The molecule has 1 saturated carbocycles. The fourth-order valence-electron chi connectivity index (χ4n) is 4.21. The van der Waals surface area contributed by atoms with Crippen molar-refractivity contribution in [2.24, 2.45) is 5.73 Å². The van der Waals surface area contributed by atoms with Crippen molar-refractivity contribution in [2.45, 2.75) is 31.3 Å². The summed E-state index contributed by atoms with van der Waals surface area (Å²) in [4.78, 5) is 6.32. The fraction of sp³-hybridized carbons (Fsp3) is 0.350. The summed E-state index contributed by atoms with van der Waals surface area (Å²) in [5.74, 6) is -0.450. The van der Waals surface area contributed by atoms with Gasteiger partial charge in [-0.3, -0.25) is 4.90 Å². The zero-order valence-electron chi connectivity index (χ0n) is 14.0. The molecule has 128 valence electrons. The number of benzene rings is 1. The van der Waals surface area contributed by atoms with Crippen LogP contribution in [0.5, 0.6) is 0 Å². The van der Waals surface area contributed by atoms with E-state index < -0.39 is 5.95 Å². The van der Waals surface area contributed by atoms with Gasteiger partial charge in [-0.05, 0) is 36.1 Å². The molecular weight excluding hydrogens is 315 g/mol. The molecule has 0 amide bonds. The van der Waals surface area contributed by atoms with Crippen molar-refractivity contribution in [1.29, 1.82) is 0 Å². The molecule has 5 heteroatoms. The van der Waals surface area contributed by atoms with Crippen LogP contribution in [0, 0.1) is 5.95 Å². The SMILES string of the molecule is NC1C2=C(CN(C3CCC3)C2)Nc2c(-c3cccnc3F)cccc21. The van der Waals surface area contributed by atoms with Crippen LogP contribution in [-0.2, 0) is 0 Å². The third-order valence-corrected chi connectivity index (χ3v) is 5.85. The predicted octanol–water partition coefficient (Wildman–Crippen LogP) is 3.44. The highest BCUT2D eigenvalue weighted by Gasteiger charge is 2.37. The van der Waals surface area contributed by atoms with E-state index in [1.165, 1.54) is 36.7 Å². The third kappa shape index (κ3) is 2.30. The number of nitrogens with two attached hydrogens (primary N) is 1. The molecule has 1 atom stereocenters. The number of hydrogen-bond donors (Lipinski definition) is 2. The molecule has 3 heterocycles. The van der Waals surface area contributed by atoms with E-state index in [1.54, 1.807) is 12.1 Å². The number of pyridine rings is 1. The number of halogens is 1. The monoisotopic (exact) mass is 336 g/mol. The van der Waals surface area contributed by atoms with Crippen LogP contribution in [0.2, 0.25) is 0 Å². The number of hydrogen-bond acceptors (Lipinski definition) is 4. The van der Waals surface area contributed by atoms with Gasteiger partial charge in [0.1, 0.15) is 0 Å². The molecule has 5 rings (SSSR count). The van der Waals surface area contributed by atoms with Crippen LogP contribution in [0.15, 0.2) is 47.8 Å². The first-order valence-corrected chi connectivity index (χ1v) is 8.95. The highest BCUT2D eigenvalue weighted by atomic mass is 19.1. The second-order valence-electron chi connectivity index (χ2n) is 7.21. The molecule has 0 spiro atoms. The van der Waals surface area contributed by atoms with Gasteiger partial charge in [0, 0.05) is 42.2 Å². The molecule has 1 aliphatic carbocycles. The first-order chi connectivity index (χ1) is 12.2. The molecule has 0 saturated heterocycles. The maximum Gasteiger partial charge on any atom is 0.220 e. The second kappa shape index (κ2) is 5.64. The minimum atomic E-state index is -0.450. The van der Waals surface area contributed by atoms with Crippen LogP contribution in [0.4, 0.5) is 10.1 Å². The zero-order valence-corrected chi connectivity index (χ0v) is 14.0. The number of nitrogens with one attached hydrogen (secondary N) is 1. The fourth-order valence-corrected chi connectivity index (χ4v) is 4.21. The summed E-state index contributed by atoms with van der Waals surface area (Å²) in [7, 11) is 0. The Morgan fingerprint density at radius 1 is 1.12 bits per heavy atom. The Bertz CT molecular complexity index is 872. The van der Waals surface area contributed by atoms with Crippen LogP contribution < -0.4 is 11.1 Å². The van der Waals surface area contributed by atoms with E-state index in [0.717, 1.165) is 29.9 Å². The van der Waals surface area contributed by atoms with Gasteiger partial charge in [0.25, 0.3) is 0 Å². The van der Waals surface area contributed by atoms with E-state index in [0.29, 0.717) is 11.6 Å². The van der Waals surface area contributed by atoms with Crippen molar-refractivity contribution in [3.63, 3.8) is 0 Å². The predicted molar refractivity (Wildman–Crippen MR) is 96.4 cm³/mol. The van der Waals surface area contributed by atoms with Crippen LogP contribution in [-0.4, -0.2) is 29.0 Å². The molecule has 25 heavy (non-hydrogen) atoms. The Kier molecular flexibility index (Phi) is 3.40. The van der Waals surface area contributed by atoms with Gasteiger partial charge in [0.2, 0.25) is 5.95 Å². The summed E-state index contributed by atoms with van der Waals surface area (Å²) in [6.07, 6.45) is 5.38. The highest BCUT2D eigenvalue weighted by Crippen LogP contribution is 2.44. The van der Waals surface area contributed by atoms with Gasteiger partial charge in [0.15, 0.2) is 0 Å². The Balaban J connectivity index is 1.54. The molecule has 3 aliphatic rings. The average Bonchev–Trinajstić information content (AvgIpc) is 2.97. The quantitative estimate of drug-likeness (QED) is 0.825. The molecule has 0 bridgehead atoms. The molecule has 0 radical (unpaired) electrons. The molecule has 4 nitrogen and oxygen atoms in total. The Morgan fingerprint density at radius 3 is 2.72 bits per heavy atom. The normalized spacial score (nSPS) is 23.0. The highest BCUT2D eigenvalue weighted by molar-refractivity contribution is 5.83. The van der Waals surface area contributed by atoms with E-state index in [2.05, 4.69) is 15.2 Å². The van der Waals surface area contributed by atoms with Gasteiger partial charge >= 0.3 is 0 Å². The van der Waals surface area contributed by atoms with Gasteiger partial charge < -0.3 is 11.1 Å². The summed E-state index contributed by atoms with van der Waals surface area (Å²) in [6, 6.07) is 10.0. The van der Waals surface area contributed by atoms with E-state index in [-0.39, 0.29) is 6.04 Å². The van der Waals surface area contributed by atoms with Gasteiger partial charge in [-0.2, -0.15) is 4.39 Å². The zero-order chi connectivity index (χ0) is 17.0. The van der Waals surface area contributed by atoms with Crippen molar-refractivity contribution < 1.29 is 4.39 Å². The molecule has 2 aliphatic heterocycles. The molecule has 1 aromatic carbocycles. The van der Waals surface area contributed by atoms with Crippen LogP contribution in [0.1, 0.15) is 30.9 Å². The molecule has 1 aromatic heterocycles. The molecular formula is C20H21FN4. The van der Waals surface area contributed by atoms with Crippen molar-refractivity contribution in [3.8, 4) is 11.1 Å². The summed E-state index contributed by atoms with van der Waals surface area (Å²) < 4.78 is 14.2. The van der Waals surface area contributed by atoms with Gasteiger partial charge in [-0.1, -0.05) is 24.6 Å².